The molecule has 0 amide bonds. The fraction of sp³-hybridized carbons (Fsp3) is 0.533. The summed E-state index contributed by atoms with van der Waals surface area (Å²) in [7, 11) is -6.94. The average Bonchev–Trinajstić information content (AvgIpc) is 1.66. The van der Waals surface area contributed by atoms with Gasteiger partial charge in [0.2, 0.25) is 35.1 Å². The number of nitrogen functional groups attached to an aromatic ring is 2. The zero-order valence-electron chi connectivity index (χ0n) is 54.8. The number of nitrogens with zero attached hydrogens (tertiary/aromatic N) is 20. The SMILES string of the molecule is CCCC(C)(C)CCOc1ccc(-c2nnn(CC)n2)cn1.CCn1nnc(-c2ccc(OCCC(C)(C)CCN3CCN(c4ccnc(N)c4)S3(=O)=O)nc2)n1.CCn1nnc(-c2ccc(OCCC(C)(C)CCO)nc2)n1.Nc1cc(N2CCNS2(=O)=O)ccn1. The maximum absolute atomic E-state index is 13.0. The molecule has 6 N–H and O–H groups in total. The number of rotatable bonds is 27. The number of hydrogen-bond acceptors (Lipinski definition) is 24. The van der Waals surface area contributed by atoms with Crippen molar-refractivity contribution in [2.24, 2.45) is 16.2 Å². The fourth-order valence-electron chi connectivity index (χ4n) is 9.34. The van der Waals surface area contributed by atoms with E-state index in [0.29, 0.717) is 142 Å². The first kappa shape index (κ1) is 71.8. The largest absolute Gasteiger partial charge is 0.478 e. The van der Waals surface area contributed by atoms with Gasteiger partial charge in [-0.25, -0.2) is 24.9 Å². The molecule has 31 nitrogen and oxygen atoms in total. The predicted molar refractivity (Wildman–Crippen MR) is 352 cm³/mol. The van der Waals surface area contributed by atoms with Crippen molar-refractivity contribution < 1.29 is 36.2 Å². The Labute approximate surface area is 544 Å². The lowest BCUT2D eigenvalue weighted by molar-refractivity contribution is 0.170. The van der Waals surface area contributed by atoms with Crippen LogP contribution in [0.15, 0.2) is 91.6 Å². The van der Waals surface area contributed by atoms with Crippen LogP contribution in [0.2, 0.25) is 0 Å². The molecule has 8 aromatic rings. The first-order chi connectivity index (χ1) is 44.3. The lowest BCUT2D eigenvalue weighted by atomic mass is 9.85. The van der Waals surface area contributed by atoms with Gasteiger partial charge in [-0.15, -0.1) is 30.6 Å². The summed E-state index contributed by atoms with van der Waals surface area (Å²) >= 11 is 0. The van der Waals surface area contributed by atoms with Crippen LogP contribution < -0.4 is 39.0 Å². The standard InChI is InChI=1S/C22H31N9O3S.C16H25N5O.C15H23N5O2.C7H10N4O2S/c1-4-31-27-21(26-28-31)17-5-6-20(25-16-17)34-14-9-22(2,3)8-11-29-12-13-30(35(29,32)33)18-7-10-24-19(23)15-18;1-5-9-16(3,4)10-11-22-14-8-7-13(12-17-14)15-18-20-21(6-2)19-15;1-4-20-18-14(17-19-20)12-5-6-13(16-11-12)22-10-8-15(2,3)7-9-21;8-7-5-6(1-2-9-7)11-4-3-10-14(11,12)13/h5-7,10,15-16H,4,8-9,11-14H2,1-3H3,(H2,23,24);7-8,12H,5-6,9-11H2,1-4H3;5-6,11,21H,4,7-10H2,1-3H3;1-2,5,10H,3-4H2,(H2,8,9). The highest BCUT2D eigenvalue weighted by Gasteiger charge is 2.38. The molecule has 2 fully saturated rings. The Morgan fingerprint density at radius 1 is 0.516 bits per heavy atom. The molecular weight excluding hydrogens is 1230 g/mol. The molecule has 0 unspecified atom stereocenters. The highest BCUT2D eigenvalue weighted by atomic mass is 32.2. The molecule has 33 heteroatoms. The molecule has 2 aliphatic rings. The summed E-state index contributed by atoms with van der Waals surface area (Å²) in [6.07, 6.45) is 14.6. The molecular formula is C60H89N23O8S2. The van der Waals surface area contributed by atoms with E-state index in [1.54, 1.807) is 53.7 Å². The second kappa shape index (κ2) is 33.3. The highest BCUT2D eigenvalue weighted by Crippen LogP contribution is 2.32. The monoisotopic (exact) mass is 1320 g/mol. The molecule has 0 aromatic carbocycles. The van der Waals surface area contributed by atoms with Crippen LogP contribution in [0.1, 0.15) is 114 Å². The Morgan fingerprint density at radius 3 is 1.27 bits per heavy atom. The third kappa shape index (κ3) is 21.7. The summed E-state index contributed by atoms with van der Waals surface area (Å²) in [5, 5.41) is 45.6. The van der Waals surface area contributed by atoms with Crippen LogP contribution in [0.3, 0.4) is 0 Å². The second-order valence-corrected chi connectivity index (χ2v) is 27.7. The third-order valence-corrected chi connectivity index (χ3v) is 18.7. The van der Waals surface area contributed by atoms with Gasteiger partial charge in [-0.05, 0) is 122 Å². The number of ether oxygens (including phenoxy) is 3. The van der Waals surface area contributed by atoms with Gasteiger partial charge in [0, 0.05) is 117 Å². The minimum Gasteiger partial charge on any atom is -0.478 e. The molecule has 10 heterocycles. The van der Waals surface area contributed by atoms with Crippen molar-refractivity contribution in [3.63, 3.8) is 0 Å². The van der Waals surface area contributed by atoms with E-state index in [9.17, 15) is 16.8 Å². The van der Waals surface area contributed by atoms with Gasteiger partial charge < -0.3 is 30.8 Å². The van der Waals surface area contributed by atoms with E-state index >= 15 is 0 Å². The summed E-state index contributed by atoms with van der Waals surface area (Å²) in [5.41, 5.74) is 15.0. The van der Waals surface area contributed by atoms with Crippen molar-refractivity contribution in [1.29, 1.82) is 0 Å². The Hall–Kier alpha value is -8.66. The Balaban J connectivity index is 0.000000185. The minimum absolute atomic E-state index is 0.0667. The number of aliphatic hydroxyl groups excluding tert-OH is 1. The van der Waals surface area contributed by atoms with E-state index in [-0.39, 0.29) is 17.4 Å². The van der Waals surface area contributed by atoms with Crippen LogP contribution in [-0.4, -0.2) is 171 Å². The fourth-order valence-corrected chi connectivity index (χ4v) is 12.2. The molecule has 93 heavy (non-hydrogen) atoms. The van der Waals surface area contributed by atoms with Crippen molar-refractivity contribution >= 4 is 43.4 Å². The van der Waals surface area contributed by atoms with Crippen molar-refractivity contribution in [3.05, 3.63) is 91.6 Å². The Kier molecular flexibility index (Phi) is 25.7. The van der Waals surface area contributed by atoms with Crippen LogP contribution in [-0.2, 0) is 40.1 Å². The molecule has 10 rings (SSSR count). The average molecular weight is 1320 g/mol. The third-order valence-electron chi connectivity index (χ3n) is 15.2. The van der Waals surface area contributed by atoms with Crippen molar-refractivity contribution in [2.75, 3.05) is 79.2 Å². The summed E-state index contributed by atoms with van der Waals surface area (Å²) < 4.78 is 72.7. The molecule has 0 bridgehead atoms. The van der Waals surface area contributed by atoms with Crippen molar-refractivity contribution in [1.82, 2.24) is 94.6 Å². The van der Waals surface area contributed by atoms with Crippen molar-refractivity contribution in [3.8, 4) is 51.8 Å². The number of aryl methyl sites for hydroxylation is 3. The molecule has 0 aliphatic carbocycles. The molecule has 0 radical (unpaired) electrons. The quantitative estimate of drug-likeness (QED) is 0.0422. The number of pyridine rings is 5. The first-order valence-corrected chi connectivity index (χ1v) is 33.9. The van der Waals surface area contributed by atoms with Gasteiger partial charge in [-0.3, -0.25) is 8.61 Å². The van der Waals surface area contributed by atoms with Gasteiger partial charge in [0.1, 0.15) is 11.6 Å². The zero-order chi connectivity index (χ0) is 67.2. The lowest BCUT2D eigenvalue weighted by Gasteiger charge is -2.27. The molecule has 2 saturated heterocycles. The van der Waals surface area contributed by atoms with Crippen LogP contribution in [0.5, 0.6) is 17.6 Å². The zero-order valence-corrected chi connectivity index (χ0v) is 56.4. The van der Waals surface area contributed by atoms with Crippen LogP contribution in [0.25, 0.3) is 34.2 Å². The van der Waals surface area contributed by atoms with Gasteiger partial charge in [-0.2, -0.15) is 40.3 Å². The van der Waals surface area contributed by atoms with Gasteiger partial charge in [-0.1, -0.05) is 54.9 Å². The molecule has 504 valence electrons. The number of nitrogens with two attached hydrogens (primary N) is 2. The predicted octanol–water partition coefficient (Wildman–Crippen LogP) is 6.59. The van der Waals surface area contributed by atoms with Crippen molar-refractivity contribution in [2.45, 2.75) is 134 Å². The number of tetrazole rings is 3. The van der Waals surface area contributed by atoms with E-state index in [4.69, 9.17) is 30.8 Å². The van der Waals surface area contributed by atoms with Gasteiger partial charge in [0.25, 0.3) is 0 Å². The lowest BCUT2D eigenvalue weighted by Crippen LogP contribution is -2.35. The van der Waals surface area contributed by atoms with E-state index in [2.05, 4.69) is 124 Å². The van der Waals surface area contributed by atoms with Crippen LogP contribution >= 0.6 is 0 Å². The first-order valence-electron chi connectivity index (χ1n) is 31.1. The van der Waals surface area contributed by atoms with E-state index in [1.807, 2.05) is 45.0 Å². The Morgan fingerprint density at radius 2 is 0.925 bits per heavy atom. The van der Waals surface area contributed by atoms with Crippen LogP contribution in [0.4, 0.5) is 23.0 Å². The maximum atomic E-state index is 13.0. The van der Waals surface area contributed by atoms with Gasteiger partial charge in [0.05, 0.1) is 50.8 Å². The van der Waals surface area contributed by atoms with E-state index in [1.165, 1.54) is 53.8 Å². The number of anilines is 4. The summed E-state index contributed by atoms with van der Waals surface area (Å²) in [5.74, 6) is 4.00. The van der Waals surface area contributed by atoms with E-state index in [0.717, 1.165) is 42.4 Å². The molecule has 0 saturated carbocycles. The minimum atomic E-state index is -3.59. The number of nitrogens with one attached hydrogen (secondary N) is 1. The summed E-state index contributed by atoms with van der Waals surface area (Å²) in [6, 6.07) is 17.5. The van der Waals surface area contributed by atoms with Gasteiger partial charge >= 0.3 is 20.4 Å². The highest BCUT2D eigenvalue weighted by molar-refractivity contribution is 7.91. The normalized spacial score (nSPS) is 14.5. The molecule has 2 aliphatic heterocycles. The number of hydrogen-bond donors (Lipinski definition) is 4. The topological polar surface area (TPSA) is 385 Å². The molecule has 8 aromatic heterocycles. The van der Waals surface area contributed by atoms with Gasteiger partial charge in [0.15, 0.2) is 0 Å². The summed E-state index contributed by atoms with van der Waals surface area (Å²) in [4.78, 5) is 25.2. The summed E-state index contributed by atoms with van der Waals surface area (Å²) in [6.45, 7) is 27.2. The van der Waals surface area contributed by atoms with E-state index < -0.39 is 20.4 Å². The Bertz CT molecular complexity index is 3690. The number of aromatic nitrogens is 17. The van der Waals surface area contributed by atoms with Crippen LogP contribution in [0, 0.1) is 16.2 Å². The molecule has 0 spiro atoms. The second-order valence-electron chi connectivity index (χ2n) is 24.1. The number of aliphatic hydroxyl groups is 1. The molecule has 0 atom stereocenters. The maximum Gasteiger partial charge on any atom is 0.304 e. The smallest absolute Gasteiger partial charge is 0.304 e.